The van der Waals surface area contributed by atoms with Gasteiger partial charge in [0, 0.05) is 19.6 Å². The standard InChI is InChI=1S/C18H22N2O7S/c1-12(17(22)19(2)13-8-10-28(24,25)11-13)26-16(21)7-9-20-14-5-3-4-6-15(14)27-18(20)23/h3-6,12-13H,7-11H2,1-2H3. The maximum atomic E-state index is 12.4. The number of nitrogens with zero attached hydrogens (tertiary/aromatic N) is 2. The van der Waals surface area contributed by atoms with Crippen molar-refractivity contribution in [1.82, 2.24) is 9.47 Å². The van der Waals surface area contributed by atoms with E-state index in [1.807, 2.05) is 0 Å². The Bertz CT molecular complexity index is 1050. The number of fused-ring (bicyclic) bond motifs is 1. The molecule has 0 saturated carbocycles. The summed E-state index contributed by atoms with van der Waals surface area (Å²) in [6.45, 7) is 1.51. The smallest absolute Gasteiger partial charge is 0.419 e. The van der Waals surface area contributed by atoms with Gasteiger partial charge in [-0.25, -0.2) is 13.2 Å². The summed E-state index contributed by atoms with van der Waals surface area (Å²) in [6.07, 6.45) is -0.775. The van der Waals surface area contributed by atoms with Gasteiger partial charge in [-0.15, -0.1) is 0 Å². The monoisotopic (exact) mass is 410 g/mol. The minimum Gasteiger partial charge on any atom is -0.452 e. The van der Waals surface area contributed by atoms with Gasteiger partial charge >= 0.3 is 11.7 Å². The van der Waals surface area contributed by atoms with E-state index in [0.717, 1.165) is 0 Å². The van der Waals surface area contributed by atoms with Crippen LogP contribution in [0, 0.1) is 0 Å². The number of carbonyl (C=O) groups excluding carboxylic acids is 2. The van der Waals surface area contributed by atoms with E-state index >= 15 is 0 Å². The van der Waals surface area contributed by atoms with Gasteiger partial charge in [0.1, 0.15) is 0 Å². The van der Waals surface area contributed by atoms with Crippen molar-refractivity contribution in [2.24, 2.45) is 0 Å². The van der Waals surface area contributed by atoms with Crippen LogP contribution >= 0.6 is 0 Å². The van der Waals surface area contributed by atoms with Crippen LogP contribution in [0.5, 0.6) is 0 Å². The Balaban J connectivity index is 1.56. The summed E-state index contributed by atoms with van der Waals surface area (Å²) >= 11 is 0. The van der Waals surface area contributed by atoms with E-state index < -0.39 is 39.6 Å². The summed E-state index contributed by atoms with van der Waals surface area (Å²) in [5.41, 5.74) is 1.00. The fourth-order valence-corrected chi connectivity index (χ4v) is 5.06. The van der Waals surface area contributed by atoms with Crippen LogP contribution in [0.4, 0.5) is 0 Å². The number of amides is 1. The van der Waals surface area contributed by atoms with E-state index in [2.05, 4.69) is 0 Å². The summed E-state index contributed by atoms with van der Waals surface area (Å²) in [7, 11) is -1.61. The Morgan fingerprint density at radius 2 is 2.07 bits per heavy atom. The predicted octanol–water partition coefficient (Wildman–Crippen LogP) is 0.562. The van der Waals surface area contributed by atoms with Crippen molar-refractivity contribution < 1.29 is 27.2 Å². The summed E-state index contributed by atoms with van der Waals surface area (Å²) in [4.78, 5) is 37.8. The minimum absolute atomic E-state index is 0.0524. The van der Waals surface area contributed by atoms with Gasteiger partial charge in [0.2, 0.25) is 0 Å². The molecule has 1 saturated heterocycles. The van der Waals surface area contributed by atoms with Crippen molar-refractivity contribution in [3.8, 4) is 0 Å². The fraction of sp³-hybridized carbons (Fsp3) is 0.500. The molecule has 0 bridgehead atoms. The lowest BCUT2D eigenvalue weighted by molar-refractivity contribution is -0.159. The molecule has 1 aliphatic heterocycles. The first-order valence-corrected chi connectivity index (χ1v) is 10.7. The van der Waals surface area contributed by atoms with Gasteiger partial charge in [-0.2, -0.15) is 0 Å². The van der Waals surface area contributed by atoms with Crippen LogP contribution in [0.1, 0.15) is 19.8 Å². The van der Waals surface area contributed by atoms with E-state index in [4.69, 9.17) is 9.15 Å². The maximum Gasteiger partial charge on any atom is 0.419 e. The molecule has 10 heteroatoms. The van der Waals surface area contributed by atoms with Crippen LogP contribution in [0.3, 0.4) is 0 Å². The molecule has 2 unspecified atom stereocenters. The van der Waals surface area contributed by atoms with Gasteiger partial charge < -0.3 is 14.1 Å². The third kappa shape index (κ3) is 4.27. The number of benzene rings is 1. The van der Waals surface area contributed by atoms with Crippen LogP contribution in [0.15, 0.2) is 33.5 Å². The Morgan fingerprint density at radius 1 is 1.36 bits per heavy atom. The van der Waals surface area contributed by atoms with Crippen molar-refractivity contribution in [2.75, 3.05) is 18.6 Å². The number of sulfone groups is 1. The summed E-state index contributed by atoms with van der Waals surface area (Å²) in [5.74, 6) is -1.68. The second kappa shape index (κ2) is 7.78. The van der Waals surface area contributed by atoms with Crippen LogP contribution in [-0.2, 0) is 30.7 Å². The van der Waals surface area contributed by atoms with Crippen molar-refractivity contribution in [1.29, 1.82) is 0 Å². The summed E-state index contributed by atoms with van der Waals surface area (Å²) < 4.78 is 34.8. The lowest BCUT2D eigenvalue weighted by Crippen LogP contribution is -2.44. The molecule has 2 heterocycles. The number of para-hydroxylation sites is 2. The third-order valence-electron chi connectivity index (χ3n) is 4.87. The number of aromatic nitrogens is 1. The van der Waals surface area contributed by atoms with Gasteiger partial charge in [-0.1, -0.05) is 12.1 Å². The highest BCUT2D eigenvalue weighted by Gasteiger charge is 2.34. The molecule has 0 aliphatic carbocycles. The highest BCUT2D eigenvalue weighted by molar-refractivity contribution is 7.91. The quantitative estimate of drug-likeness (QED) is 0.639. The molecule has 0 N–H and O–H groups in total. The molecule has 1 aromatic carbocycles. The minimum atomic E-state index is -3.12. The van der Waals surface area contributed by atoms with E-state index in [0.29, 0.717) is 17.5 Å². The number of oxazole rings is 1. The zero-order valence-corrected chi connectivity index (χ0v) is 16.5. The SMILES string of the molecule is CC(OC(=O)CCn1c(=O)oc2ccccc21)C(=O)N(C)C1CCS(=O)(=O)C1. The van der Waals surface area contributed by atoms with Gasteiger partial charge in [0.05, 0.1) is 23.4 Å². The first kappa shape index (κ1) is 20.1. The van der Waals surface area contributed by atoms with Gasteiger partial charge in [0.15, 0.2) is 21.5 Å². The molecule has 1 fully saturated rings. The number of aryl methyl sites for hydroxylation is 1. The zero-order chi connectivity index (χ0) is 20.5. The molecule has 1 amide bonds. The lowest BCUT2D eigenvalue weighted by Gasteiger charge is -2.26. The fourth-order valence-electron chi connectivity index (χ4n) is 3.28. The second-order valence-corrected chi connectivity index (χ2v) is 9.10. The number of ether oxygens (including phenoxy) is 1. The molecule has 1 aromatic heterocycles. The number of hydrogen-bond donors (Lipinski definition) is 0. The number of carbonyl (C=O) groups is 2. The Hall–Kier alpha value is -2.62. The third-order valence-corrected chi connectivity index (χ3v) is 6.62. The van der Waals surface area contributed by atoms with Gasteiger partial charge in [-0.3, -0.25) is 14.2 Å². The molecule has 9 nitrogen and oxygen atoms in total. The highest BCUT2D eigenvalue weighted by Crippen LogP contribution is 2.18. The predicted molar refractivity (Wildman–Crippen MR) is 100 cm³/mol. The first-order valence-electron chi connectivity index (χ1n) is 8.93. The molecular formula is C18H22N2O7S. The lowest BCUT2D eigenvalue weighted by atomic mass is 10.2. The zero-order valence-electron chi connectivity index (χ0n) is 15.7. The molecule has 0 radical (unpaired) electrons. The number of rotatable bonds is 6. The van der Waals surface area contributed by atoms with Crippen LogP contribution in [-0.4, -0.2) is 60.5 Å². The summed E-state index contributed by atoms with van der Waals surface area (Å²) in [5, 5.41) is 0. The van der Waals surface area contributed by atoms with Crippen LogP contribution in [0.25, 0.3) is 11.1 Å². The number of likely N-dealkylation sites (N-methyl/N-ethyl adjacent to an activating group) is 1. The second-order valence-electron chi connectivity index (χ2n) is 6.88. The van der Waals surface area contributed by atoms with E-state index in [9.17, 15) is 22.8 Å². The van der Waals surface area contributed by atoms with E-state index in [-0.39, 0.29) is 24.5 Å². The molecule has 28 heavy (non-hydrogen) atoms. The van der Waals surface area contributed by atoms with Crippen LogP contribution < -0.4 is 5.76 Å². The molecule has 2 aromatic rings. The average Bonchev–Trinajstić information content (AvgIpc) is 3.17. The Morgan fingerprint density at radius 3 is 2.75 bits per heavy atom. The average molecular weight is 410 g/mol. The van der Waals surface area contributed by atoms with Gasteiger partial charge in [0.25, 0.3) is 5.91 Å². The number of hydrogen-bond acceptors (Lipinski definition) is 7. The van der Waals surface area contributed by atoms with E-state index in [1.54, 1.807) is 24.3 Å². The molecular weight excluding hydrogens is 388 g/mol. The topological polar surface area (TPSA) is 116 Å². The highest BCUT2D eigenvalue weighted by atomic mass is 32.2. The largest absolute Gasteiger partial charge is 0.452 e. The van der Waals surface area contributed by atoms with E-state index in [1.165, 1.54) is 23.4 Å². The molecule has 2 atom stereocenters. The van der Waals surface area contributed by atoms with Crippen molar-refractivity contribution in [3.05, 3.63) is 34.8 Å². The van der Waals surface area contributed by atoms with Gasteiger partial charge in [-0.05, 0) is 25.5 Å². The molecule has 0 spiro atoms. The Labute approximate surface area is 161 Å². The molecule has 152 valence electrons. The van der Waals surface area contributed by atoms with Crippen molar-refractivity contribution in [2.45, 2.75) is 38.5 Å². The molecule has 1 aliphatic rings. The number of esters is 1. The normalized spacial score (nSPS) is 19.4. The van der Waals surface area contributed by atoms with Crippen molar-refractivity contribution >= 4 is 32.8 Å². The Kier molecular flexibility index (Phi) is 5.59. The molecule has 3 rings (SSSR count). The first-order chi connectivity index (χ1) is 13.2. The van der Waals surface area contributed by atoms with Crippen LogP contribution in [0.2, 0.25) is 0 Å². The summed E-state index contributed by atoms with van der Waals surface area (Å²) in [6, 6.07) is 6.46. The van der Waals surface area contributed by atoms with Crippen molar-refractivity contribution in [3.63, 3.8) is 0 Å². The maximum absolute atomic E-state index is 12.4.